The van der Waals surface area contributed by atoms with Gasteiger partial charge in [-0.05, 0) is 50.9 Å². The molecule has 1 aromatic rings. The summed E-state index contributed by atoms with van der Waals surface area (Å²) in [6, 6.07) is 3.65. The van der Waals surface area contributed by atoms with Gasteiger partial charge in [-0.25, -0.2) is 0 Å². The Morgan fingerprint density at radius 1 is 1.24 bits per heavy atom. The number of amides is 1. The summed E-state index contributed by atoms with van der Waals surface area (Å²) in [6.45, 7) is 8.01. The van der Waals surface area contributed by atoms with Crippen molar-refractivity contribution in [3.8, 4) is 17.2 Å². The predicted octanol–water partition coefficient (Wildman–Crippen LogP) is 2.49. The smallest absolute Gasteiger partial charge is 0.226 e. The molecule has 0 radical (unpaired) electrons. The summed E-state index contributed by atoms with van der Waals surface area (Å²) in [4.78, 5) is 16.8. The van der Waals surface area contributed by atoms with Gasteiger partial charge in [0.1, 0.15) is 0 Å². The van der Waals surface area contributed by atoms with Crippen molar-refractivity contribution in [2.45, 2.75) is 33.2 Å². The van der Waals surface area contributed by atoms with Crippen LogP contribution in [0.2, 0.25) is 0 Å². The Hall–Kier alpha value is -1.95. The van der Waals surface area contributed by atoms with Gasteiger partial charge in [0, 0.05) is 26.2 Å². The van der Waals surface area contributed by atoms with Crippen molar-refractivity contribution in [1.82, 2.24) is 9.80 Å². The van der Waals surface area contributed by atoms with Gasteiger partial charge >= 0.3 is 0 Å². The molecule has 1 saturated heterocycles. The Morgan fingerprint density at radius 3 is 2.36 bits per heavy atom. The van der Waals surface area contributed by atoms with Crippen LogP contribution in [0, 0.1) is 5.92 Å². The molecule has 1 aliphatic heterocycles. The molecule has 0 unspecified atom stereocenters. The number of carbonyl (C=O) groups excluding carboxylic acids is 1. The fraction of sp³-hybridized carbons (Fsp3) is 0.632. The molecule has 1 fully saturated rings. The summed E-state index contributed by atoms with van der Waals surface area (Å²) in [5.74, 6) is 1.15. The number of hydrogen-bond donors (Lipinski definition) is 1. The maximum absolute atomic E-state index is 12.6. The molecule has 0 saturated carbocycles. The van der Waals surface area contributed by atoms with Crippen molar-refractivity contribution in [3.63, 3.8) is 0 Å². The first kappa shape index (κ1) is 19.4. The molecule has 1 aliphatic rings. The number of piperidine rings is 1. The number of ether oxygens (including phenoxy) is 2. The number of phenols is 1. The molecule has 6 nitrogen and oxygen atoms in total. The lowest BCUT2D eigenvalue weighted by molar-refractivity contribution is -0.137. The van der Waals surface area contributed by atoms with E-state index in [1.807, 2.05) is 30.9 Å². The zero-order chi connectivity index (χ0) is 18.4. The van der Waals surface area contributed by atoms with E-state index >= 15 is 0 Å². The lowest BCUT2D eigenvalue weighted by atomic mass is 9.96. The van der Waals surface area contributed by atoms with Gasteiger partial charge in [0.2, 0.25) is 11.7 Å². The first-order chi connectivity index (χ1) is 12.0. The summed E-state index contributed by atoms with van der Waals surface area (Å²) < 4.78 is 10.5. The molecule has 1 N–H and O–H groups in total. The fourth-order valence-corrected chi connectivity index (χ4v) is 3.49. The predicted molar refractivity (Wildman–Crippen MR) is 97.1 cm³/mol. The van der Waals surface area contributed by atoms with Crippen molar-refractivity contribution in [1.29, 1.82) is 0 Å². The molecule has 25 heavy (non-hydrogen) atoms. The molecule has 0 bridgehead atoms. The molecule has 1 heterocycles. The van der Waals surface area contributed by atoms with Gasteiger partial charge < -0.3 is 19.5 Å². The average molecular weight is 350 g/mol. The van der Waals surface area contributed by atoms with Crippen molar-refractivity contribution in [2.24, 2.45) is 5.92 Å². The molecule has 1 atom stereocenters. The van der Waals surface area contributed by atoms with Crippen LogP contribution in [0.3, 0.4) is 0 Å². The minimum Gasteiger partial charge on any atom is -0.502 e. The number of carbonyl (C=O) groups is 1. The van der Waals surface area contributed by atoms with Gasteiger partial charge in [0.25, 0.3) is 0 Å². The van der Waals surface area contributed by atoms with E-state index in [9.17, 15) is 9.90 Å². The number of likely N-dealkylation sites (tertiary alicyclic amines) is 1. The molecule has 2 rings (SSSR count). The van der Waals surface area contributed by atoms with Crippen LogP contribution in [-0.4, -0.2) is 61.2 Å². The van der Waals surface area contributed by atoms with E-state index < -0.39 is 0 Å². The van der Waals surface area contributed by atoms with Crippen LogP contribution in [0.15, 0.2) is 12.1 Å². The summed E-state index contributed by atoms with van der Waals surface area (Å²) in [7, 11) is 3.05. The van der Waals surface area contributed by atoms with Crippen molar-refractivity contribution < 1.29 is 19.4 Å². The SMILES string of the molecule is CCN(CC)C(=O)[C@@H]1CCCN(Cc2cc(OC)c(O)c(OC)c2)C1. The third-order valence-electron chi connectivity index (χ3n) is 4.88. The van der Waals surface area contributed by atoms with Crippen LogP contribution in [0.25, 0.3) is 0 Å². The second kappa shape index (κ2) is 8.94. The Morgan fingerprint density at radius 2 is 1.84 bits per heavy atom. The standard InChI is InChI=1S/C19H30N2O4/c1-5-21(6-2)19(23)15-8-7-9-20(13-15)12-14-10-16(24-3)18(22)17(11-14)25-4/h10-11,15,22H,5-9,12-13H2,1-4H3/t15-/m1/s1. The van der Waals surface area contributed by atoms with E-state index in [1.54, 1.807) is 0 Å². The molecular formula is C19H30N2O4. The topological polar surface area (TPSA) is 62.2 Å². The summed E-state index contributed by atoms with van der Waals surface area (Å²) >= 11 is 0. The second-order valence-corrected chi connectivity index (χ2v) is 6.43. The third-order valence-corrected chi connectivity index (χ3v) is 4.88. The number of rotatable bonds is 7. The number of phenolic OH excluding ortho intramolecular Hbond substituents is 1. The van der Waals surface area contributed by atoms with Gasteiger partial charge in [-0.15, -0.1) is 0 Å². The highest BCUT2D eigenvalue weighted by Crippen LogP contribution is 2.37. The van der Waals surface area contributed by atoms with Crippen LogP contribution < -0.4 is 9.47 Å². The number of nitrogens with zero attached hydrogens (tertiary/aromatic N) is 2. The Labute approximate surface area is 150 Å². The lowest BCUT2D eigenvalue weighted by Crippen LogP contribution is -2.44. The van der Waals surface area contributed by atoms with Crippen molar-refractivity contribution in [3.05, 3.63) is 17.7 Å². The van der Waals surface area contributed by atoms with E-state index in [4.69, 9.17) is 9.47 Å². The van der Waals surface area contributed by atoms with E-state index in [-0.39, 0.29) is 17.6 Å². The van der Waals surface area contributed by atoms with E-state index in [0.717, 1.165) is 44.6 Å². The summed E-state index contributed by atoms with van der Waals surface area (Å²) in [5.41, 5.74) is 1.00. The Bertz CT molecular complexity index is 562. The molecule has 0 aliphatic carbocycles. The van der Waals surface area contributed by atoms with Crippen molar-refractivity contribution >= 4 is 5.91 Å². The maximum atomic E-state index is 12.6. The Kier molecular flexibility index (Phi) is 6.93. The first-order valence-electron chi connectivity index (χ1n) is 8.98. The zero-order valence-electron chi connectivity index (χ0n) is 15.7. The largest absolute Gasteiger partial charge is 0.502 e. The van der Waals surface area contributed by atoms with Crippen LogP contribution in [-0.2, 0) is 11.3 Å². The normalized spacial score (nSPS) is 18.0. The number of aromatic hydroxyl groups is 1. The van der Waals surface area contributed by atoms with E-state index in [1.165, 1.54) is 14.2 Å². The number of benzene rings is 1. The highest BCUT2D eigenvalue weighted by molar-refractivity contribution is 5.79. The molecule has 6 heteroatoms. The summed E-state index contributed by atoms with van der Waals surface area (Å²) in [5, 5.41) is 10.0. The minimum atomic E-state index is 0.0157. The van der Waals surface area contributed by atoms with Gasteiger partial charge in [0.15, 0.2) is 11.5 Å². The van der Waals surface area contributed by atoms with Gasteiger partial charge in [-0.3, -0.25) is 9.69 Å². The third kappa shape index (κ3) is 4.57. The number of hydrogen-bond acceptors (Lipinski definition) is 5. The van der Waals surface area contributed by atoms with Crippen LogP contribution in [0.4, 0.5) is 0 Å². The molecule has 140 valence electrons. The first-order valence-corrected chi connectivity index (χ1v) is 8.98. The highest BCUT2D eigenvalue weighted by atomic mass is 16.5. The van der Waals surface area contributed by atoms with Crippen LogP contribution in [0.5, 0.6) is 17.2 Å². The molecule has 1 aromatic carbocycles. The lowest BCUT2D eigenvalue weighted by Gasteiger charge is -2.34. The summed E-state index contributed by atoms with van der Waals surface area (Å²) in [6.07, 6.45) is 1.97. The van der Waals surface area contributed by atoms with Gasteiger partial charge in [-0.2, -0.15) is 0 Å². The Balaban J connectivity index is 2.09. The molecule has 0 spiro atoms. The quantitative estimate of drug-likeness (QED) is 0.819. The molecule has 0 aromatic heterocycles. The van der Waals surface area contributed by atoms with Gasteiger partial charge in [-0.1, -0.05) is 0 Å². The van der Waals surface area contributed by atoms with Crippen molar-refractivity contribution in [2.75, 3.05) is 40.4 Å². The van der Waals surface area contributed by atoms with E-state index in [0.29, 0.717) is 18.0 Å². The average Bonchev–Trinajstić information content (AvgIpc) is 2.64. The second-order valence-electron chi connectivity index (χ2n) is 6.43. The highest BCUT2D eigenvalue weighted by Gasteiger charge is 2.28. The fourth-order valence-electron chi connectivity index (χ4n) is 3.49. The monoisotopic (exact) mass is 350 g/mol. The zero-order valence-corrected chi connectivity index (χ0v) is 15.7. The van der Waals surface area contributed by atoms with Crippen LogP contribution >= 0.6 is 0 Å². The van der Waals surface area contributed by atoms with Gasteiger partial charge in [0.05, 0.1) is 20.1 Å². The molecular weight excluding hydrogens is 320 g/mol. The van der Waals surface area contributed by atoms with E-state index in [2.05, 4.69) is 4.90 Å². The minimum absolute atomic E-state index is 0.0157. The maximum Gasteiger partial charge on any atom is 0.226 e. The van der Waals surface area contributed by atoms with Crippen LogP contribution in [0.1, 0.15) is 32.3 Å². The number of methoxy groups -OCH3 is 2. The molecule has 1 amide bonds.